The lowest BCUT2D eigenvalue weighted by Crippen LogP contribution is -2.19. The number of ether oxygens (including phenoxy) is 1. The Hall–Kier alpha value is -3.97. The summed E-state index contributed by atoms with van der Waals surface area (Å²) in [5.41, 5.74) is -0.0363. The van der Waals surface area contributed by atoms with E-state index in [0.29, 0.717) is 5.03 Å². The number of fused-ring (bicyclic) bond motifs is 1. The zero-order valence-electron chi connectivity index (χ0n) is 17.6. The van der Waals surface area contributed by atoms with Gasteiger partial charge in [-0.1, -0.05) is 36.0 Å². The molecule has 1 aliphatic rings. The molecule has 0 aliphatic carbocycles. The first-order valence-electron chi connectivity index (χ1n) is 9.82. The molecule has 0 bridgehead atoms. The van der Waals surface area contributed by atoms with Crippen LogP contribution in [-0.2, 0) is 15.7 Å². The van der Waals surface area contributed by atoms with Gasteiger partial charge < -0.3 is 14.1 Å². The number of ketones is 1. The van der Waals surface area contributed by atoms with E-state index in [1.165, 1.54) is 36.0 Å². The summed E-state index contributed by atoms with van der Waals surface area (Å²) >= 11 is 1.26. The number of halogens is 3. The fraction of sp³-hybridized carbons (Fsp3) is 0.125. The zero-order chi connectivity index (χ0) is 24.5. The normalized spacial score (nSPS) is 14.4. The molecule has 4 rings (SSSR count). The maximum atomic E-state index is 12.9. The molecule has 0 fully saturated rings. The van der Waals surface area contributed by atoms with E-state index >= 15 is 0 Å². The summed E-state index contributed by atoms with van der Waals surface area (Å²) in [7, 11) is 1.73. The van der Waals surface area contributed by atoms with Crippen molar-refractivity contribution in [2.45, 2.75) is 11.1 Å². The molecule has 0 N–H and O–H groups in total. The molecule has 2 aromatic carbocycles. The Morgan fingerprint density at radius 2 is 1.88 bits per heavy atom. The molecule has 6 nitrogen and oxygen atoms in total. The number of nitrogens with zero attached hydrogens (tertiary/aromatic N) is 2. The van der Waals surface area contributed by atoms with Crippen molar-refractivity contribution in [1.82, 2.24) is 0 Å². The van der Waals surface area contributed by atoms with Crippen LogP contribution in [0.1, 0.15) is 16.1 Å². The number of esters is 1. The molecule has 0 atom stereocenters. The molecule has 0 amide bonds. The molecule has 172 valence electrons. The quantitative estimate of drug-likeness (QED) is 0.262. The number of anilines is 1. The first-order valence-corrected chi connectivity index (χ1v) is 10.6. The van der Waals surface area contributed by atoms with Gasteiger partial charge in [-0.15, -0.1) is 0 Å². The maximum Gasteiger partial charge on any atom is 0.416 e. The van der Waals surface area contributed by atoms with Gasteiger partial charge in [0.2, 0.25) is 11.5 Å². The molecular weight excluding hydrogens is 469 g/mol. The smallest absolute Gasteiger partial charge is 0.416 e. The Kier molecular flexibility index (Phi) is 6.22. The highest BCUT2D eigenvalue weighted by molar-refractivity contribution is 8.03. The van der Waals surface area contributed by atoms with Crippen LogP contribution >= 0.6 is 11.8 Å². The number of rotatable bonds is 5. The number of hydrogen-bond acceptors (Lipinski definition) is 7. The lowest BCUT2D eigenvalue weighted by atomic mass is 10.1. The monoisotopic (exact) mass is 484 g/mol. The second kappa shape index (κ2) is 9.11. The van der Waals surface area contributed by atoms with Crippen molar-refractivity contribution in [2.75, 3.05) is 18.6 Å². The zero-order valence-corrected chi connectivity index (χ0v) is 18.4. The first-order chi connectivity index (χ1) is 16.2. The van der Waals surface area contributed by atoms with Crippen molar-refractivity contribution >= 4 is 29.2 Å². The number of thioether (sulfide) groups is 1. The van der Waals surface area contributed by atoms with Gasteiger partial charge in [-0.25, -0.2) is 4.79 Å². The van der Waals surface area contributed by atoms with Crippen LogP contribution < -0.4 is 4.90 Å². The van der Waals surface area contributed by atoms with Crippen molar-refractivity contribution < 1.29 is 31.9 Å². The van der Waals surface area contributed by atoms with E-state index < -0.39 is 30.1 Å². The third-order valence-corrected chi connectivity index (χ3v) is 6.19. The Bertz CT molecular complexity index is 1350. The number of benzene rings is 2. The number of nitriles is 1. The summed E-state index contributed by atoms with van der Waals surface area (Å²) < 4.78 is 49.1. The molecule has 0 spiro atoms. The molecule has 0 saturated carbocycles. The summed E-state index contributed by atoms with van der Waals surface area (Å²) in [6, 6.07) is 16.3. The molecular formula is C24H15F3N2O4S. The van der Waals surface area contributed by atoms with Crippen LogP contribution in [0.25, 0.3) is 11.3 Å². The first kappa shape index (κ1) is 23.2. The summed E-state index contributed by atoms with van der Waals surface area (Å²) in [6.07, 6.45) is -4.52. The van der Waals surface area contributed by atoms with Crippen LogP contribution in [0.15, 0.2) is 80.6 Å². The van der Waals surface area contributed by atoms with E-state index in [4.69, 9.17) is 9.15 Å². The summed E-state index contributed by atoms with van der Waals surface area (Å²) in [5, 5.41) is 9.96. The summed E-state index contributed by atoms with van der Waals surface area (Å²) in [4.78, 5) is 27.5. The van der Waals surface area contributed by atoms with Crippen molar-refractivity contribution in [3.8, 4) is 17.4 Å². The van der Waals surface area contributed by atoms with Gasteiger partial charge in [0.05, 0.1) is 11.3 Å². The molecule has 1 aromatic heterocycles. The predicted octanol–water partition coefficient (Wildman–Crippen LogP) is 5.67. The van der Waals surface area contributed by atoms with E-state index in [1.807, 2.05) is 30.3 Å². The topological polar surface area (TPSA) is 83.5 Å². The number of hydrogen-bond donors (Lipinski definition) is 0. The molecule has 3 aromatic rings. The Balaban J connectivity index is 1.45. The highest BCUT2D eigenvalue weighted by Gasteiger charge is 2.31. The Morgan fingerprint density at radius 1 is 1.12 bits per heavy atom. The van der Waals surface area contributed by atoms with Gasteiger partial charge >= 0.3 is 12.1 Å². The molecule has 1 aliphatic heterocycles. The third-order valence-electron chi connectivity index (χ3n) is 4.96. The number of alkyl halides is 3. The summed E-state index contributed by atoms with van der Waals surface area (Å²) in [5.74, 6) is -1.93. The molecule has 0 saturated heterocycles. The van der Waals surface area contributed by atoms with Crippen molar-refractivity contribution in [3.05, 3.63) is 82.6 Å². The van der Waals surface area contributed by atoms with Gasteiger partial charge in [0.25, 0.3) is 0 Å². The second-order valence-electron chi connectivity index (χ2n) is 7.16. The van der Waals surface area contributed by atoms with E-state index in [-0.39, 0.29) is 22.7 Å². The lowest BCUT2D eigenvalue weighted by Gasteiger charge is -2.14. The van der Waals surface area contributed by atoms with Crippen LogP contribution in [-0.4, -0.2) is 25.4 Å². The molecule has 10 heteroatoms. The summed E-state index contributed by atoms with van der Waals surface area (Å²) in [6.45, 7) is -0.699. The van der Waals surface area contributed by atoms with Crippen LogP contribution in [0.4, 0.5) is 18.9 Å². The number of furan rings is 1. The number of carbonyl (C=O) groups excluding carboxylic acids is 2. The fourth-order valence-electron chi connectivity index (χ4n) is 3.28. The van der Waals surface area contributed by atoms with Crippen molar-refractivity contribution in [3.63, 3.8) is 0 Å². The Labute approximate surface area is 196 Å². The highest BCUT2D eigenvalue weighted by atomic mass is 32.2. The second-order valence-corrected chi connectivity index (χ2v) is 8.19. The van der Waals surface area contributed by atoms with Crippen molar-refractivity contribution in [1.29, 1.82) is 5.26 Å². The molecule has 0 unspecified atom stereocenters. The van der Waals surface area contributed by atoms with Crippen LogP contribution in [0, 0.1) is 11.3 Å². The van der Waals surface area contributed by atoms with Gasteiger partial charge in [0, 0.05) is 17.5 Å². The predicted molar refractivity (Wildman–Crippen MR) is 118 cm³/mol. The standard InChI is InChI=1S/C24H15F3N2O4S/c1-29-17-7-2-3-8-21(17)34-22(29)16(12-28)18(30)13-32-23(31)20-10-9-19(33-20)14-5-4-6-15(11-14)24(25,26)27/h2-11H,13H2,1H3/b22-16+. The SMILES string of the molecule is CN1/C(=C(/C#N)C(=O)COC(=O)c2ccc(-c3cccc(C(F)(F)F)c3)o2)Sc2ccccc21. The molecule has 2 heterocycles. The van der Waals surface area contributed by atoms with Gasteiger partial charge in [-0.2, -0.15) is 18.4 Å². The van der Waals surface area contributed by atoms with Gasteiger partial charge in [-0.05, 0) is 36.4 Å². The van der Waals surface area contributed by atoms with E-state index in [9.17, 15) is 28.0 Å². The largest absolute Gasteiger partial charge is 0.451 e. The maximum absolute atomic E-state index is 12.9. The number of Topliss-reactive ketones (excluding diaryl/α,β-unsaturated/α-hetero) is 1. The van der Waals surface area contributed by atoms with E-state index in [1.54, 1.807) is 11.9 Å². The fourth-order valence-corrected chi connectivity index (χ4v) is 4.44. The minimum atomic E-state index is -4.52. The van der Waals surface area contributed by atoms with E-state index in [2.05, 4.69) is 0 Å². The lowest BCUT2D eigenvalue weighted by molar-refractivity contribution is -0.137. The number of carbonyl (C=O) groups is 2. The minimum absolute atomic E-state index is 0.0333. The molecule has 34 heavy (non-hydrogen) atoms. The minimum Gasteiger partial charge on any atom is -0.451 e. The van der Waals surface area contributed by atoms with Crippen molar-refractivity contribution in [2.24, 2.45) is 0 Å². The highest BCUT2D eigenvalue weighted by Crippen LogP contribution is 2.46. The third kappa shape index (κ3) is 4.56. The average Bonchev–Trinajstić information content (AvgIpc) is 3.44. The molecule has 0 radical (unpaired) electrons. The van der Waals surface area contributed by atoms with Crippen LogP contribution in [0.5, 0.6) is 0 Å². The van der Waals surface area contributed by atoms with Crippen LogP contribution in [0.2, 0.25) is 0 Å². The average molecular weight is 484 g/mol. The van der Waals surface area contributed by atoms with Gasteiger partial charge in [0.1, 0.15) is 22.4 Å². The van der Waals surface area contributed by atoms with E-state index in [0.717, 1.165) is 22.7 Å². The van der Waals surface area contributed by atoms with Crippen LogP contribution in [0.3, 0.4) is 0 Å². The van der Waals surface area contributed by atoms with Gasteiger partial charge in [-0.3, -0.25) is 4.79 Å². The Morgan fingerprint density at radius 3 is 2.59 bits per heavy atom. The number of para-hydroxylation sites is 1. The van der Waals surface area contributed by atoms with Gasteiger partial charge in [0.15, 0.2) is 6.61 Å².